The first-order valence-electron chi connectivity index (χ1n) is 13.8. The van der Waals surface area contributed by atoms with Crippen molar-refractivity contribution >= 4 is 39.4 Å². The summed E-state index contributed by atoms with van der Waals surface area (Å²) in [5.41, 5.74) is 0. The van der Waals surface area contributed by atoms with E-state index in [4.69, 9.17) is 4.74 Å². The van der Waals surface area contributed by atoms with Gasteiger partial charge in [0.25, 0.3) is 0 Å². The number of aliphatic carboxylic acids is 1. The van der Waals surface area contributed by atoms with E-state index in [-0.39, 0.29) is 17.6 Å². The zero-order chi connectivity index (χ0) is 28.6. The monoisotopic (exact) mass is 580 g/mol. The molecule has 3 atom stereocenters. The molecule has 0 aliphatic heterocycles. The maximum Gasteiger partial charge on any atom is 0.327 e. The Labute approximate surface area is 237 Å². The van der Waals surface area contributed by atoms with Crippen LogP contribution in [0.15, 0.2) is 0 Å². The Hall–Kier alpha value is -1.05. The van der Waals surface area contributed by atoms with Gasteiger partial charge in [-0.3, -0.25) is 9.59 Å². The number of methoxy groups -OCH3 is 1. The van der Waals surface area contributed by atoms with Gasteiger partial charge in [0.1, 0.15) is 6.04 Å². The molecule has 0 rings (SSSR count). The number of aliphatic hydroxyl groups is 1. The number of amides is 2. The molecule has 0 radical (unpaired) electrons. The first-order valence-corrected chi connectivity index (χ1v) is 16.3. The summed E-state index contributed by atoms with van der Waals surface area (Å²) < 4.78 is 5.01. The van der Waals surface area contributed by atoms with Crippen LogP contribution in [-0.2, 0) is 19.1 Å². The third-order valence-electron chi connectivity index (χ3n) is 5.97. The Balaban J connectivity index is 4.25. The highest BCUT2D eigenvalue weighted by atomic mass is 33.1. The molecule has 0 fully saturated rings. The van der Waals surface area contributed by atoms with E-state index in [2.05, 4.69) is 34.9 Å². The molecule has 2 amide bonds. The maximum absolute atomic E-state index is 12.3. The van der Waals surface area contributed by atoms with Crippen LogP contribution < -0.4 is 16.0 Å². The number of ether oxygens (including phenoxy) is 1. The fourth-order valence-electron chi connectivity index (χ4n) is 3.68. The first kappa shape index (κ1) is 37.0. The first-order chi connectivity index (χ1) is 18.2. The van der Waals surface area contributed by atoms with Crippen LogP contribution in [0.25, 0.3) is 0 Å². The third-order valence-corrected chi connectivity index (χ3v) is 8.42. The molecule has 0 aliphatic rings. The van der Waals surface area contributed by atoms with Crippen LogP contribution in [0.3, 0.4) is 0 Å². The number of hydrogen-bond donors (Lipinski definition) is 5. The number of carboxylic acids is 1. The van der Waals surface area contributed by atoms with Crippen LogP contribution in [0.1, 0.15) is 77.0 Å². The summed E-state index contributed by atoms with van der Waals surface area (Å²) in [6.45, 7) is 2.07. The van der Waals surface area contributed by atoms with Gasteiger partial charge < -0.3 is 35.8 Å². The van der Waals surface area contributed by atoms with Crippen molar-refractivity contribution in [2.24, 2.45) is 0 Å². The smallest absolute Gasteiger partial charge is 0.327 e. The summed E-state index contributed by atoms with van der Waals surface area (Å²) in [6, 6.07) is -1.61. The van der Waals surface area contributed by atoms with Crippen molar-refractivity contribution in [2.45, 2.75) is 95.4 Å². The van der Waals surface area contributed by atoms with E-state index in [9.17, 15) is 24.6 Å². The summed E-state index contributed by atoms with van der Waals surface area (Å²) in [6.07, 6.45) is 9.70. The van der Waals surface area contributed by atoms with Crippen molar-refractivity contribution in [2.75, 3.05) is 52.8 Å². The molecule has 12 heteroatoms. The molecule has 3 unspecified atom stereocenters. The Morgan fingerprint density at radius 2 is 1.34 bits per heavy atom. The van der Waals surface area contributed by atoms with Crippen LogP contribution in [0.5, 0.6) is 0 Å². The van der Waals surface area contributed by atoms with Crippen LogP contribution in [-0.4, -0.2) is 104 Å². The number of nitrogens with one attached hydrogen (secondary N) is 3. The molecule has 0 aliphatic carbocycles. The van der Waals surface area contributed by atoms with Crippen LogP contribution >= 0.6 is 21.6 Å². The minimum Gasteiger partial charge on any atom is -0.480 e. The van der Waals surface area contributed by atoms with Crippen molar-refractivity contribution in [3.63, 3.8) is 0 Å². The highest BCUT2D eigenvalue weighted by Crippen LogP contribution is 2.24. The summed E-state index contributed by atoms with van der Waals surface area (Å²) in [7, 11) is 10.0. The van der Waals surface area contributed by atoms with E-state index in [1.54, 1.807) is 0 Å². The Morgan fingerprint density at radius 3 is 1.89 bits per heavy atom. The number of carbonyl (C=O) groups excluding carboxylic acids is 2. The Kier molecular flexibility index (Phi) is 24.3. The second-order valence-electron chi connectivity index (χ2n) is 9.77. The van der Waals surface area contributed by atoms with Gasteiger partial charge in [-0.1, -0.05) is 60.1 Å². The van der Waals surface area contributed by atoms with Gasteiger partial charge >= 0.3 is 5.97 Å². The average Bonchev–Trinajstić information content (AvgIpc) is 2.87. The van der Waals surface area contributed by atoms with E-state index in [0.717, 1.165) is 77.3 Å². The topological polar surface area (TPSA) is 140 Å². The van der Waals surface area contributed by atoms with Crippen molar-refractivity contribution in [1.29, 1.82) is 0 Å². The Bertz CT molecular complexity index is 631. The number of aliphatic hydroxyl groups excluding tert-OH is 1. The summed E-state index contributed by atoms with van der Waals surface area (Å²) in [5, 5.41) is 28.2. The molecular formula is C26H52N4O6S2. The van der Waals surface area contributed by atoms with Crippen molar-refractivity contribution < 1.29 is 29.3 Å². The van der Waals surface area contributed by atoms with Gasteiger partial charge in [0.05, 0.1) is 6.04 Å². The lowest BCUT2D eigenvalue weighted by Gasteiger charge is -2.23. The normalized spacial score (nSPS) is 13.7. The van der Waals surface area contributed by atoms with Crippen molar-refractivity contribution in [3.05, 3.63) is 0 Å². The number of hydrogen-bond acceptors (Lipinski definition) is 9. The van der Waals surface area contributed by atoms with Gasteiger partial charge in [-0.25, -0.2) is 4.79 Å². The Morgan fingerprint density at radius 1 is 0.816 bits per heavy atom. The van der Waals surface area contributed by atoms with Gasteiger partial charge in [0.2, 0.25) is 11.8 Å². The minimum absolute atomic E-state index is 0.136. The van der Waals surface area contributed by atoms with E-state index in [1.165, 1.54) is 28.7 Å². The van der Waals surface area contributed by atoms with Crippen LogP contribution in [0.4, 0.5) is 0 Å². The second kappa shape index (κ2) is 25.0. The summed E-state index contributed by atoms with van der Waals surface area (Å²) >= 11 is 0. The van der Waals surface area contributed by atoms with E-state index in [0.29, 0.717) is 18.6 Å². The molecule has 38 heavy (non-hydrogen) atoms. The number of unbranched alkanes of at least 4 members (excludes halogenated alkanes) is 8. The quantitative estimate of drug-likeness (QED) is 0.0589. The number of rotatable bonds is 26. The highest BCUT2D eigenvalue weighted by Gasteiger charge is 2.23. The van der Waals surface area contributed by atoms with Gasteiger partial charge in [-0.15, -0.1) is 0 Å². The maximum atomic E-state index is 12.3. The molecule has 0 aromatic carbocycles. The van der Waals surface area contributed by atoms with E-state index < -0.39 is 24.3 Å². The van der Waals surface area contributed by atoms with Crippen LogP contribution in [0.2, 0.25) is 0 Å². The van der Waals surface area contributed by atoms with Gasteiger partial charge in [-0.05, 0) is 59.9 Å². The van der Waals surface area contributed by atoms with Gasteiger partial charge in [0, 0.05) is 31.5 Å². The zero-order valence-electron chi connectivity index (χ0n) is 23.8. The fourth-order valence-corrected chi connectivity index (χ4v) is 6.05. The standard InChI is InChI=1S/C26H52N4O6S2/c1-27-17-13-9-5-7-11-15-23(31)28-21(25(33)34)19-37-38-20-22(26(35)36-4)29-24(32)16-12-8-6-10-14-18-30(2)3/h21-22,26-27,35H,5-20H2,1-4H3,(H,28,31)(H,29,32)(H,33,34). The van der Waals surface area contributed by atoms with Crippen LogP contribution in [0, 0.1) is 0 Å². The predicted octanol–water partition coefficient (Wildman–Crippen LogP) is 2.85. The molecule has 5 N–H and O–H groups in total. The lowest BCUT2D eigenvalue weighted by atomic mass is 10.1. The SMILES string of the molecule is CNCCCCCCCC(=O)NC(CSSCC(NC(=O)CCCCCCCN(C)C)C(O)OC)C(=O)O. The lowest BCUT2D eigenvalue weighted by Crippen LogP contribution is -2.46. The highest BCUT2D eigenvalue weighted by molar-refractivity contribution is 8.76. The minimum atomic E-state index is -1.16. The third kappa shape index (κ3) is 21.8. The summed E-state index contributed by atoms with van der Waals surface area (Å²) in [5.74, 6) is -0.961. The number of carbonyl (C=O) groups is 3. The molecule has 0 spiro atoms. The average molecular weight is 581 g/mol. The molecular weight excluding hydrogens is 528 g/mol. The van der Waals surface area contributed by atoms with E-state index in [1.807, 2.05) is 7.05 Å². The molecule has 224 valence electrons. The number of nitrogens with zero attached hydrogens (tertiary/aromatic N) is 1. The number of carboxylic acid groups (broad SMARTS) is 1. The van der Waals surface area contributed by atoms with Crippen molar-refractivity contribution in [1.82, 2.24) is 20.9 Å². The van der Waals surface area contributed by atoms with E-state index >= 15 is 0 Å². The molecule has 0 bridgehead atoms. The van der Waals surface area contributed by atoms with Crippen molar-refractivity contribution in [3.8, 4) is 0 Å². The molecule has 0 aromatic heterocycles. The molecule has 0 aromatic rings. The molecule has 0 saturated heterocycles. The largest absolute Gasteiger partial charge is 0.480 e. The fraction of sp³-hybridized carbons (Fsp3) is 0.885. The van der Waals surface area contributed by atoms with Gasteiger partial charge in [-0.2, -0.15) is 0 Å². The molecule has 0 saturated carbocycles. The lowest BCUT2D eigenvalue weighted by molar-refractivity contribution is -0.141. The van der Waals surface area contributed by atoms with Gasteiger partial charge in [0.15, 0.2) is 6.29 Å². The second-order valence-corrected chi connectivity index (χ2v) is 12.3. The summed E-state index contributed by atoms with van der Waals surface area (Å²) in [4.78, 5) is 38.3. The zero-order valence-corrected chi connectivity index (χ0v) is 25.5. The molecule has 10 nitrogen and oxygen atoms in total. The predicted molar refractivity (Wildman–Crippen MR) is 157 cm³/mol. The molecule has 0 heterocycles.